The van der Waals surface area contributed by atoms with Crippen LogP contribution >= 0.6 is 7.14 Å². The Labute approximate surface area is 117 Å². The average molecular weight is 299 g/mol. The number of hydroxylamine groups is 1. The maximum Gasteiger partial charge on any atom is 0.322 e. The standard InChI is InChI=1S/C12H18N3O4P/c1-20(2,19)9-15(8-11(16)14-18)12(17)13-10-6-4-3-5-7-10/h3-7,18H,8-9H2,1-2H3,(H,13,17)(H,14,16). The summed E-state index contributed by atoms with van der Waals surface area (Å²) < 4.78 is 11.8. The van der Waals surface area contributed by atoms with Crippen molar-refractivity contribution in [3.63, 3.8) is 0 Å². The van der Waals surface area contributed by atoms with Gasteiger partial charge in [-0.3, -0.25) is 10.0 Å². The number of carbonyl (C=O) groups is 2. The third-order valence-electron chi connectivity index (χ3n) is 2.28. The highest BCUT2D eigenvalue weighted by Gasteiger charge is 2.22. The molecule has 110 valence electrons. The van der Waals surface area contributed by atoms with Crippen molar-refractivity contribution >= 4 is 24.8 Å². The van der Waals surface area contributed by atoms with Crippen molar-refractivity contribution in [2.24, 2.45) is 0 Å². The van der Waals surface area contributed by atoms with Gasteiger partial charge in [0, 0.05) is 5.69 Å². The van der Waals surface area contributed by atoms with Crippen LogP contribution in [-0.2, 0) is 9.36 Å². The molecule has 0 bridgehead atoms. The van der Waals surface area contributed by atoms with Crippen molar-refractivity contribution in [2.75, 3.05) is 31.5 Å². The van der Waals surface area contributed by atoms with Crippen LogP contribution in [0.3, 0.4) is 0 Å². The van der Waals surface area contributed by atoms with Crippen molar-refractivity contribution in [1.29, 1.82) is 0 Å². The van der Waals surface area contributed by atoms with E-state index in [4.69, 9.17) is 5.21 Å². The first-order valence-corrected chi connectivity index (χ1v) is 8.68. The Kier molecular flexibility index (Phi) is 5.73. The Hall–Kier alpha value is -1.85. The van der Waals surface area contributed by atoms with Crippen LogP contribution in [0.4, 0.5) is 10.5 Å². The first-order chi connectivity index (χ1) is 9.31. The molecule has 0 aliphatic rings. The van der Waals surface area contributed by atoms with Crippen molar-refractivity contribution in [1.82, 2.24) is 10.4 Å². The van der Waals surface area contributed by atoms with Gasteiger partial charge in [0.25, 0.3) is 5.91 Å². The lowest BCUT2D eigenvalue weighted by Gasteiger charge is -2.23. The summed E-state index contributed by atoms with van der Waals surface area (Å²) in [5, 5.41) is 11.1. The van der Waals surface area contributed by atoms with Gasteiger partial charge < -0.3 is 14.8 Å². The summed E-state index contributed by atoms with van der Waals surface area (Å²) in [6, 6.07) is 8.15. The van der Waals surface area contributed by atoms with E-state index in [1.54, 1.807) is 30.3 Å². The minimum Gasteiger partial charge on any atom is -0.322 e. The van der Waals surface area contributed by atoms with Gasteiger partial charge >= 0.3 is 6.03 Å². The smallest absolute Gasteiger partial charge is 0.322 e. The summed E-state index contributed by atoms with van der Waals surface area (Å²) in [5.41, 5.74) is 2.01. The fraction of sp³-hybridized carbons (Fsp3) is 0.333. The molecule has 7 nitrogen and oxygen atoms in total. The van der Waals surface area contributed by atoms with E-state index in [0.29, 0.717) is 5.69 Å². The number of nitrogens with zero attached hydrogens (tertiary/aromatic N) is 1. The highest BCUT2D eigenvalue weighted by atomic mass is 31.2. The molecule has 1 rings (SSSR count). The zero-order valence-electron chi connectivity index (χ0n) is 11.4. The van der Waals surface area contributed by atoms with Gasteiger partial charge in [-0.1, -0.05) is 18.2 Å². The molecule has 0 heterocycles. The molecule has 1 aromatic rings. The number of nitrogens with one attached hydrogen (secondary N) is 2. The summed E-state index contributed by atoms with van der Waals surface area (Å²) >= 11 is 0. The second-order valence-electron chi connectivity index (χ2n) is 4.74. The molecule has 0 fully saturated rings. The number of hydrogen-bond acceptors (Lipinski definition) is 4. The largest absolute Gasteiger partial charge is 0.322 e. The second kappa shape index (κ2) is 7.07. The molecule has 1 aromatic carbocycles. The molecule has 0 aliphatic carbocycles. The summed E-state index contributed by atoms with van der Waals surface area (Å²) in [6.07, 6.45) is -0.0565. The quantitative estimate of drug-likeness (QED) is 0.437. The number of anilines is 1. The second-order valence-corrected chi connectivity index (χ2v) is 8.18. The number of benzene rings is 1. The highest BCUT2D eigenvalue weighted by Crippen LogP contribution is 2.36. The molecule has 0 spiro atoms. The number of urea groups is 1. The van der Waals surface area contributed by atoms with Crippen LogP contribution < -0.4 is 10.8 Å². The molecule has 0 aromatic heterocycles. The van der Waals surface area contributed by atoms with Crippen LogP contribution in [0.2, 0.25) is 0 Å². The third kappa shape index (κ3) is 5.86. The summed E-state index contributed by atoms with van der Waals surface area (Å²) in [6.45, 7) is 2.67. The topological polar surface area (TPSA) is 98.7 Å². The van der Waals surface area contributed by atoms with Crippen LogP contribution in [0.1, 0.15) is 0 Å². The van der Waals surface area contributed by atoms with Gasteiger partial charge in [-0.15, -0.1) is 0 Å². The molecule has 0 radical (unpaired) electrons. The molecule has 3 amide bonds. The molecule has 20 heavy (non-hydrogen) atoms. The monoisotopic (exact) mass is 299 g/mol. The van der Waals surface area contributed by atoms with Crippen molar-refractivity contribution < 1.29 is 19.4 Å². The first-order valence-electron chi connectivity index (χ1n) is 5.90. The average Bonchev–Trinajstić information content (AvgIpc) is 2.37. The van der Waals surface area contributed by atoms with E-state index in [1.807, 2.05) is 0 Å². The van der Waals surface area contributed by atoms with Gasteiger partial charge in [0.2, 0.25) is 0 Å². The van der Waals surface area contributed by atoms with Gasteiger partial charge in [-0.05, 0) is 25.5 Å². The number of rotatable bonds is 5. The van der Waals surface area contributed by atoms with Gasteiger partial charge in [0.15, 0.2) is 0 Å². The molecular weight excluding hydrogens is 281 g/mol. The van der Waals surface area contributed by atoms with Crippen molar-refractivity contribution in [3.05, 3.63) is 30.3 Å². The molecule has 3 N–H and O–H groups in total. The van der Waals surface area contributed by atoms with Crippen LogP contribution in [0.15, 0.2) is 30.3 Å². The maximum absolute atomic E-state index is 12.1. The molecule has 0 aliphatic heterocycles. The number of amides is 3. The van der Waals surface area contributed by atoms with E-state index in [2.05, 4.69) is 5.32 Å². The number of para-hydroxylation sites is 1. The molecule has 0 saturated carbocycles. The van der Waals surface area contributed by atoms with Crippen LogP contribution in [-0.4, -0.2) is 48.2 Å². The number of carbonyl (C=O) groups excluding carboxylic acids is 2. The van der Waals surface area contributed by atoms with Gasteiger partial charge in [0.05, 0.1) is 6.29 Å². The first kappa shape index (κ1) is 16.2. The van der Waals surface area contributed by atoms with Gasteiger partial charge in [-0.25, -0.2) is 10.3 Å². The SMILES string of the molecule is CP(C)(=O)CN(CC(=O)NO)C(=O)Nc1ccccc1. The molecule has 8 heteroatoms. The maximum atomic E-state index is 12.1. The molecular formula is C12H18N3O4P. The lowest BCUT2D eigenvalue weighted by atomic mass is 10.3. The molecule has 0 unspecified atom stereocenters. The normalized spacial score (nSPS) is 10.8. The van der Waals surface area contributed by atoms with Crippen molar-refractivity contribution in [3.8, 4) is 0 Å². The van der Waals surface area contributed by atoms with E-state index in [0.717, 1.165) is 4.90 Å². The predicted molar refractivity (Wildman–Crippen MR) is 76.4 cm³/mol. The van der Waals surface area contributed by atoms with Crippen LogP contribution in [0.5, 0.6) is 0 Å². The van der Waals surface area contributed by atoms with E-state index < -0.39 is 19.1 Å². The van der Waals surface area contributed by atoms with Crippen molar-refractivity contribution in [2.45, 2.75) is 0 Å². The third-order valence-corrected chi connectivity index (χ3v) is 3.31. The van der Waals surface area contributed by atoms with E-state index in [1.165, 1.54) is 18.8 Å². The highest BCUT2D eigenvalue weighted by molar-refractivity contribution is 7.62. The predicted octanol–water partition coefficient (Wildman–Crippen LogP) is 1.61. The fourth-order valence-electron chi connectivity index (χ4n) is 1.53. The van der Waals surface area contributed by atoms with E-state index >= 15 is 0 Å². The Balaban J connectivity index is 2.78. The lowest BCUT2D eigenvalue weighted by Crippen LogP contribution is -2.42. The summed E-state index contributed by atoms with van der Waals surface area (Å²) in [4.78, 5) is 24.4. The number of hydrogen-bond donors (Lipinski definition) is 3. The zero-order chi connectivity index (χ0) is 15.2. The van der Waals surface area contributed by atoms with Gasteiger partial charge in [-0.2, -0.15) is 0 Å². The van der Waals surface area contributed by atoms with E-state index in [9.17, 15) is 14.2 Å². The molecule has 0 atom stereocenters. The molecule has 0 saturated heterocycles. The fourth-order valence-corrected chi connectivity index (χ4v) is 2.58. The van der Waals surface area contributed by atoms with Crippen LogP contribution in [0.25, 0.3) is 0 Å². The summed E-state index contributed by atoms with van der Waals surface area (Å²) in [7, 11) is -2.54. The van der Waals surface area contributed by atoms with Gasteiger partial charge in [0.1, 0.15) is 13.7 Å². The Morgan fingerprint density at radius 2 is 1.85 bits per heavy atom. The summed E-state index contributed by atoms with van der Waals surface area (Å²) in [5.74, 6) is -0.748. The minimum absolute atomic E-state index is 0.0565. The van der Waals surface area contributed by atoms with E-state index in [-0.39, 0.29) is 12.8 Å². The Morgan fingerprint density at radius 3 is 2.35 bits per heavy atom. The Morgan fingerprint density at radius 1 is 1.25 bits per heavy atom. The lowest BCUT2D eigenvalue weighted by molar-refractivity contribution is -0.129. The minimum atomic E-state index is -2.54. The van der Waals surface area contributed by atoms with Crippen LogP contribution in [0, 0.1) is 0 Å². The zero-order valence-corrected chi connectivity index (χ0v) is 12.3. The Bertz CT molecular complexity index is 515.